The minimum absolute atomic E-state index is 0.117. The highest BCUT2D eigenvalue weighted by Crippen LogP contribution is 2.33. The summed E-state index contributed by atoms with van der Waals surface area (Å²) in [5.41, 5.74) is 1.96. The minimum Gasteiger partial charge on any atom is -0.358 e. The van der Waals surface area contributed by atoms with Gasteiger partial charge in [-0.15, -0.1) is 0 Å². The number of nitrogens with one attached hydrogen (secondary N) is 1. The number of fused-ring (bicyclic) bond motifs is 1. The van der Waals surface area contributed by atoms with Gasteiger partial charge in [-0.2, -0.15) is 0 Å². The van der Waals surface area contributed by atoms with Gasteiger partial charge in [0.1, 0.15) is 17.6 Å². The maximum absolute atomic E-state index is 5.90. The first-order valence-corrected chi connectivity index (χ1v) is 7.58. The van der Waals surface area contributed by atoms with E-state index in [-0.39, 0.29) is 6.23 Å². The Morgan fingerprint density at radius 1 is 1.30 bits per heavy atom. The standard InChI is InChI=1S/C15H20N4O/c1-4-11(10-16-7-1)14-18-12-5-2-8-17-15(12)19(14)13-6-3-9-20-13/h2,5,8,11,13,16H,1,3-4,6-7,9-10H2. The van der Waals surface area contributed by atoms with Gasteiger partial charge in [-0.25, -0.2) is 9.97 Å². The van der Waals surface area contributed by atoms with Crippen molar-refractivity contribution in [3.05, 3.63) is 24.2 Å². The fourth-order valence-electron chi connectivity index (χ4n) is 3.36. The van der Waals surface area contributed by atoms with Gasteiger partial charge in [0.15, 0.2) is 5.65 Å². The third-order valence-electron chi connectivity index (χ3n) is 4.33. The Labute approximate surface area is 118 Å². The Hall–Kier alpha value is -1.46. The van der Waals surface area contributed by atoms with Crippen LogP contribution in [0.5, 0.6) is 0 Å². The van der Waals surface area contributed by atoms with E-state index in [2.05, 4.69) is 14.9 Å². The van der Waals surface area contributed by atoms with E-state index >= 15 is 0 Å². The van der Waals surface area contributed by atoms with Crippen LogP contribution in [0.25, 0.3) is 11.2 Å². The summed E-state index contributed by atoms with van der Waals surface area (Å²) in [5, 5.41) is 3.48. The maximum Gasteiger partial charge on any atom is 0.162 e. The third-order valence-corrected chi connectivity index (χ3v) is 4.33. The molecule has 0 spiro atoms. The first kappa shape index (κ1) is 12.3. The molecule has 2 aliphatic rings. The van der Waals surface area contributed by atoms with Crippen LogP contribution in [0.2, 0.25) is 0 Å². The quantitative estimate of drug-likeness (QED) is 0.910. The zero-order valence-electron chi connectivity index (χ0n) is 11.6. The molecule has 20 heavy (non-hydrogen) atoms. The molecule has 2 aliphatic heterocycles. The van der Waals surface area contributed by atoms with Crippen LogP contribution in [0, 0.1) is 0 Å². The van der Waals surface area contributed by atoms with Gasteiger partial charge in [0, 0.05) is 25.3 Å². The largest absolute Gasteiger partial charge is 0.358 e. The topological polar surface area (TPSA) is 52.0 Å². The summed E-state index contributed by atoms with van der Waals surface area (Å²) >= 11 is 0. The Balaban J connectivity index is 1.82. The van der Waals surface area contributed by atoms with Crippen molar-refractivity contribution in [1.29, 1.82) is 0 Å². The van der Waals surface area contributed by atoms with Crippen LogP contribution in [0.1, 0.15) is 43.7 Å². The van der Waals surface area contributed by atoms with E-state index in [1.807, 2.05) is 18.3 Å². The first-order valence-electron chi connectivity index (χ1n) is 7.58. The van der Waals surface area contributed by atoms with Gasteiger partial charge in [-0.3, -0.25) is 4.57 Å². The van der Waals surface area contributed by atoms with Crippen LogP contribution in [0.4, 0.5) is 0 Å². The van der Waals surface area contributed by atoms with Gasteiger partial charge in [-0.1, -0.05) is 0 Å². The number of pyridine rings is 1. The molecule has 4 heterocycles. The third kappa shape index (κ3) is 2.01. The van der Waals surface area contributed by atoms with E-state index < -0.39 is 0 Å². The molecule has 0 saturated carbocycles. The lowest BCUT2D eigenvalue weighted by atomic mass is 9.99. The van der Waals surface area contributed by atoms with Crippen molar-refractivity contribution in [2.24, 2.45) is 0 Å². The van der Waals surface area contributed by atoms with Crippen molar-refractivity contribution in [3.63, 3.8) is 0 Å². The highest BCUT2D eigenvalue weighted by atomic mass is 16.5. The summed E-state index contributed by atoms with van der Waals surface area (Å²) in [5.74, 6) is 1.62. The summed E-state index contributed by atoms with van der Waals surface area (Å²) < 4.78 is 8.15. The molecule has 0 aliphatic carbocycles. The number of ether oxygens (including phenoxy) is 1. The van der Waals surface area contributed by atoms with E-state index in [9.17, 15) is 0 Å². The predicted octanol–water partition coefficient (Wildman–Crippen LogP) is 2.21. The molecule has 4 rings (SSSR count). The number of hydrogen-bond acceptors (Lipinski definition) is 4. The van der Waals surface area contributed by atoms with Crippen LogP contribution < -0.4 is 5.32 Å². The van der Waals surface area contributed by atoms with Gasteiger partial charge in [0.25, 0.3) is 0 Å². The molecule has 0 radical (unpaired) electrons. The SMILES string of the molecule is c1cnc2c(c1)nc(C1CCCNC1)n2C1CCCO1. The van der Waals surface area contributed by atoms with E-state index in [4.69, 9.17) is 9.72 Å². The van der Waals surface area contributed by atoms with E-state index in [1.165, 1.54) is 12.8 Å². The van der Waals surface area contributed by atoms with Crippen molar-refractivity contribution < 1.29 is 4.74 Å². The second-order valence-electron chi connectivity index (χ2n) is 5.70. The van der Waals surface area contributed by atoms with Crippen LogP contribution >= 0.6 is 0 Å². The number of rotatable bonds is 2. The molecule has 0 aromatic carbocycles. The predicted molar refractivity (Wildman–Crippen MR) is 76.6 cm³/mol. The van der Waals surface area contributed by atoms with E-state index in [1.54, 1.807) is 0 Å². The van der Waals surface area contributed by atoms with E-state index in [0.29, 0.717) is 5.92 Å². The molecule has 2 atom stereocenters. The van der Waals surface area contributed by atoms with Crippen LogP contribution in [-0.2, 0) is 4.74 Å². The van der Waals surface area contributed by atoms with E-state index in [0.717, 1.165) is 49.5 Å². The average Bonchev–Trinajstić information content (AvgIpc) is 3.14. The molecule has 5 nitrogen and oxygen atoms in total. The Morgan fingerprint density at radius 3 is 3.10 bits per heavy atom. The highest BCUT2D eigenvalue weighted by Gasteiger charge is 2.28. The van der Waals surface area contributed by atoms with Crippen molar-refractivity contribution in [1.82, 2.24) is 19.9 Å². The van der Waals surface area contributed by atoms with Crippen LogP contribution in [0.15, 0.2) is 18.3 Å². The number of aromatic nitrogens is 3. The van der Waals surface area contributed by atoms with Gasteiger partial charge in [0.2, 0.25) is 0 Å². The molecule has 106 valence electrons. The lowest BCUT2D eigenvalue weighted by Gasteiger charge is -2.25. The fraction of sp³-hybridized carbons (Fsp3) is 0.600. The molecule has 0 amide bonds. The van der Waals surface area contributed by atoms with Crippen LogP contribution in [0.3, 0.4) is 0 Å². The lowest BCUT2D eigenvalue weighted by molar-refractivity contribution is 0.0558. The normalized spacial score (nSPS) is 27.2. The van der Waals surface area contributed by atoms with Gasteiger partial charge < -0.3 is 10.1 Å². The summed E-state index contributed by atoms with van der Waals surface area (Å²) in [6, 6.07) is 4.01. The van der Waals surface area contributed by atoms with Gasteiger partial charge in [-0.05, 0) is 44.4 Å². The zero-order chi connectivity index (χ0) is 13.4. The van der Waals surface area contributed by atoms with Gasteiger partial charge >= 0.3 is 0 Å². The van der Waals surface area contributed by atoms with Crippen molar-refractivity contribution in [2.45, 2.75) is 37.8 Å². The Morgan fingerprint density at radius 2 is 2.30 bits per heavy atom. The zero-order valence-corrected chi connectivity index (χ0v) is 11.6. The fourth-order valence-corrected chi connectivity index (χ4v) is 3.36. The highest BCUT2D eigenvalue weighted by molar-refractivity contribution is 5.71. The Kier molecular flexibility index (Phi) is 3.16. The van der Waals surface area contributed by atoms with Gasteiger partial charge in [0.05, 0.1) is 0 Å². The molecule has 2 aromatic heterocycles. The second kappa shape index (κ2) is 5.14. The lowest BCUT2D eigenvalue weighted by Crippen LogP contribution is -2.30. The number of imidazole rings is 1. The number of piperidine rings is 1. The summed E-state index contributed by atoms with van der Waals surface area (Å²) in [4.78, 5) is 9.40. The summed E-state index contributed by atoms with van der Waals surface area (Å²) in [7, 11) is 0. The smallest absolute Gasteiger partial charge is 0.162 e. The molecule has 5 heteroatoms. The number of hydrogen-bond donors (Lipinski definition) is 1. The average molecular weight is 272 g/mol. The van der Waals surface area contributed by atoms with Crippen molar-refractivity contribution in [2.75, 3.05) is 19.7 Å². The maximum atomic E-state index is 5.90. The Bertz CT molecular complexity index is 597. The molecular formula is C15H20N4O. The van der Waals surface area contributed by atoms with Crippen LogP contribution in [-0.4, -0.2) is 34.2 Å². The second-order valence-corrected chi connectivity index (χ2v) is 5.70. The summed E-state index contributed by atoms with van der Waals surface area (Å²) in [6.07, 6.45) is 6.56. The first-order chi connectivity index (χ1) is 9.93. The minimum atomic E-state index is 0.117. The van der Waals surface area contributed by atoms with Crippen molar-refractivity contribution in [3.8, 4) is 0 Å². The molecule has 1 N–H and O–H groups in total. The molecule has 2 unspecified atom stereocenters. The molecular weight excluding hydrogens is 252 g/mol. The molecule has 0 bridgehead atoms. The number of nitrogens with zero attached hydrogens (tertiary/aromatic N) is 3. The van der Waals surface area contributed by atoms with Crippen molar-refractivity contribution >= 4 is 11.2 Å². The summed E-state index contributed by atoms with van der Waals surface area (Å²) in [6.45, 7) is 2.98. The molecule has 2 saturated heterocycles. The monoisotopic (exact) mass is 272 g/mol. The molecule has 2 fully saturated rings. The molecule has 2 aromatic rings.